The van der Waals surface area contributed by atoms with Crippen LogP contribution in [-0.4, -0.2) is 23.3 Å². The lowest BCUT2D eigenvalue weighted by Gasteiger charge is -2.22. The number of hydrogen-bond acceptors (Lipinski definition) is 3. The molecule has 1 atom stereocenters. The molecule has 4 heteroatoms. The van der Waals surface area contributed by atoms with Crippen LogP contribution in [0.25, 0.3) is 0 Å². The normalized spacial score (nSPS) is 16.0. The van der Waals surface area contributed by atoms with Crippen LogP contribution in [-0.2, 0) is 17.6 Å². The summed E-state index contributed by atoms with van der Waals surface area (Å²) in [5, 5.41) is 0. The van der Waals surface area contributed by atoms with Gasteiger partial charge in [-0.1, -0.05) is 63.8 Å². The third-order valence-electron chi connectivity index (χ3n) is 6.03. The number of ketones is 1. The van der Waals surface area contributed by atoms with Crippen molar-refractivity contribution < 1.29 is 14.3 Å². The van der Waals surface area contributed by atoms with Gasteiger partial charge in [-0.25, -0.2) is 4.79 Å². The van der Waals surface area contributed by atoms with Crippen molar-refractivity contribution in [2.45, 2.75) is 78.1 Å². The van der Waals surface area contributed by atoms with Gasteiger partial charge in [-0.2, -0.15) is 0 Å². The molecule has 1 aliphatic rings. The first kappa shape index (κ1) is 21.4. The number of Topliss-reactive ketones (excluding diaryl/α,β-unsaturated/α-hetero) is 1. The summed E-state index contributed by atoms with van der Waals surface area (Å²) < 4.78 is 5.46. The Bertz CT molecular complexity index is 848. The second-order valence-electron chi connectivity index (χ2n) is 8.15. The summed E-state index contributed by atoms with van der Waals surface area (Å²) in [5.41, 5.74) is 5.23. The first-order valence-corrected chi connectivity index (χ1v) is 11.1. The van der Waals surface area contributed by atoms with Crippen molar-refractivity contribution in [1.82, 2.24) is 4.98 Å². The van der Waals surface area contributed by atoms with Crippen molar-refractivity contribution in [3.63, 3.8) is 0 Å². The van der Waals surface area contributed by atoms with E-state index < -0.39 is 0 Å². The molecule has 1 N–H and O–H groups in total. The molecular weight excluding hydrogens is 362 g/mol. The van der Waals surface area contributed by atoms with E-state index >= 15 is 0 Å². The van der Waals surface area contributed by atoms with E-state index in [-0.39, 0.29) is 17.7 Å². The zero-order chi connectivity index (χ0) is 20.8. The zero-order valence-electron chi connectivity index (χ0n) is 18.0. The van der Waals surface area contributed by atoms with Gasteiger partial charge in [-0.3, -0.25) is 4.79 Å². The summed E-state index contributed by atoms with van der Waals surface area (Å²) in [4.78, 5) is 28.6. The van der Waals surface area contributed by atoms with Crippen LogP contribution in [0.15, 0.2) is 24.3 Å². The first-order valence-electron chi connectivity index (χ1n) is 11.1. The van der Waals surface area contributed by atoms with Crippen molar-refractivity contribution in [3.05, 3.63) is 57.9 Å². The fourth-order valence-corrected chi connectivity index (χ4v) is 4.24. The van der Waals surface area contributed by atoms with E-state index in [0.29, 0.717) is 24.3 Å². The minimum absolute atomic E-state index is 0.114. The molecule has 0 radical (unpaired) electrons. The number of carbonyl (C=O) groups excluding carboxylic acids is 2. The Labute approximate surface area is 174 Å². The number of H-pyrrole nitrogens is 1. The minimum Gasteiger partial charge on any atom is -0.461 e. The van der Waals surface area contributed by atoms with Crippen molar-refractivity contribution in [1.29, 1.82) is 0 Å². The Hall–Kier alpha value is -2.36. The third kappa shape index (κ3) is 4.98. The summed E-state index contributed by atoms with van der Waals surface area (Å²) in [6.45, 7) is 6.61. The van der Waals surface area contributed by atoms with Crippen LogP contribution in [0.4, 0.5) is 0 Å². The zero-order valence-corrected chi connectivity index (χ0v) is 18.0. The second-order valence-corrected chi connectivity index (χ2v) is 8.15. The van der Waals surface area contributed by atoms with E-state index in [4.69, 9.17) is 4.74 Å². The fourth-order valence-electron chi connectivity index (χ4n) is 4.24. The number of nitrogens with one attached hydrogen (secondary N) is 1. The van der Waals surface area contributed by atoms with Crippen molar-refractivity contribution >= 4 is 11.8 Å². The Morgan fingerprint density at radius 2 is 1.79 bits per heavy atom. The first-order chi connectivity index (χ1) is 14.0. The Balaban J connectivity index is 1.67. The Kier molecular flexibility index (Phi) is 7.29. The SMILES string of the molecule is CCCCCCCOC(=O)c1[nH]c2c(c1C)C(=O)C[C@H](c1ccc(CC)cc1)C2. The number of aromatic amines is 1. The molecule has 1 aromatic heterocycles. The number of aromatic nitrogens is 1. The van der Waals surface area contributed by atoms with Crippen molar-refractivity contribution in [2.24, 2.45) is 0 Å². The monoisotopic (exact) mass is 395 g/mol. The largest absolute Gasteiger partial charge is 0.461 e. The standard InChI is InChI=1S/C25H33NO3/c1-4-6-7-8-9-14-29-25(28)24-17(3)23-21(26-24)15-20(16-22(23)27)19-12-10-18(5-2)11-13-19/h10-13,20,26H,4-9,14-16H2,1-3H3/t20-/m1/s1. The van der Waals surface area contributed by atoms with E-state index in [2.05, 4.69) is 43.1 Å². The number of ether oxygens (including phenoxy) is 1. The quantitative estimate of drug-likeness (QED) is 0.423. The van der Waals surface area contributed by atoms with Crippen molar-refractivity contribution in [3.8, 4) is 0 Å². The maximum atomic E-state index is 12.8. The van der Waals surface area contributed by atoms with E-state index in [9.17, 15) is 9.59 Å². The van der Waals surface area contributed by atoms with Gasteiger partial charge in [0.2, 0.25) is 0 Å². The molecule has 156 valence electrons. The number of fused-ring (bicyclic) bond motifs is 1. The van der Waals surface area contributed by atoms with Crippen LogP contribution in [0.3, 0.4) is 0 Å². The highest BCUT2D eigenvalue weighted by Gasteiger charge is 2.32. The van der Waals surface area contributed by atoms with Gasteiger partial charge in [-0.15, -0.1) is 0 Å². The lowest BCUT2D eigenvalue weighted by atomic mass is 9.81. The van der Waals surface area contributed by atoms with Gasteiger partial charge in [0.1, 0.15) is 5.69 Å². The Morgan fingerprint density at radius 3 is 2.48 bits per heavy atom. The van der Waals surface area contributed by atoms with Crippen molar-refractivity contribution in [2.75, 3.05) is 6.61 Å². The summed E-state index contributed by atoms with van der Waals surface area (Å²) in [6, 6.07) is 8.54. The molecule has 4 nitrogen and oxygen atoms in total. The van der Waals surface area contributed by atoms with Crippen LogP contribution in [0.2, 0.25) is 0 Å². The molecule has 1 aromatic carbocycles. The number of carbonyl (C=O) groups is 2. The van der Waals surface area contributed by atoms with E-state index in [1.54, 1.807) is 0 Å². The maximum Gasteiger partial charge on any atom is 0.355 e. The molecule has 1 heterocycles. The molecule has 0 spiro atoms. The lowest BCUT2D eigenvalue weighted by molar-refractivity contribution is 0.0490. The van der Waals surface area contributed by atoms with E-state index in [1.165, 1.54) is 30.4 Å². The number of unbranched alkanes of at least 4 members (excludes halogenated alkanes) is 4. The summed E-state index contributed by atoms with van der Waals surface area (Å²) >= 11 is 0. The molecule has 0 fully saturated rings. The highest BCUT2D eigenvalue weighted by Crippen LogP contribution is 2.35. The summed E-state index contributed by atoms with van der Waals surface area (Å²) in [5.74, 6) is -0.0754. The molecule has 3 rings (SSSR count). The van der Waals surface area contributed by atoms with Gasteiger partial charge in [0.05, 0.1) is 6.61 Å². The topological polar surface area (TPSA) is 59.2 Å². The second kappa shape index (κ2) is 9.91. The average molecular weight is 396 g/mol. The van der Waals surface area contributed by atoms with Gasteiger partial charge >= 0.3 is 5.97 Å². The lowest BCUT2D eigenvalue weighted by Crippen LogP contribution is -2.18. The molecular formula is C25H33NO3. The summed E-state index contributed by atoms with van der Waals surface area (Å²) in [6.07, 6.45) is 7.82. The molecule has 1 aliphatic carbocycles. The number of rotatable bonds is 9. The van der Waals surface area contributed by atoms with Crippen LogP contribution in [0.1, 0.15) is 102 Å². The number of hydrogen-bond donors (Lipinski definition) is 1. The van der Waals surface area contributed by atoms with Gasteiger partial charge < -0.3 is 9.72 Å². The minimum atomic E-state index is -0.343. The highest BCUT2D eigenvalue weighted by atomic mass is 16.5. The van der Waals surface area contributed by atoms with Gasteiger partial charge in [0.15, 0.2) is 5.78 Å². The average Bonchev–Trinajstić information content (AvgIpc) is 3.07. The number of esters is 1. The maximum absolute atomic E-state index is 12.8. The molecule has 0 saturated heterocycles. The van der Waals surface area contributed by atoms with E-state index in [0.717, 1.165) is 36.9 Å². The molecule has 0 saturated carbocycles. The predicted octanol–water partition coefficient (Wildman–Crippen LogP) is 5.93. The number of benzene rings is 1. The Morgan fingerprint density at radius 1 is 1.07 bits per heavy atom. The van der Waals surface area contributed by atoms with Crippen LogP contribution in [0.5, 0.6) is 0 Å². The van der Waals surface area contributed by atoms with Gasteiger partial charge in [0.25, 0.3) is 0 Å². The van der Waals surface area contributed by atoms with Gasteiger partial charge in [0, 0.05) is 17.7 Å². The molecule has 29 heavy (non-hydrogen) atoms. The molecule has 0 bridgehead atoms. The molecule has 0 aliphatic heterocycles. The molecule has 0 unspecified atom stereocenters. The smallest absolute Gasteiger partial charge is 0.355 e. The van der Waals surface area contributed by atoms with E-state index in [1.807, 2.05) is 6.92 Å². The summed E-state index contributed by atoms with van der Waals surface area (Å²) in [7, 11) is 0. The molecule has 0 amide bonds. The van der Waals surface area contributed by atoms with Crippen LogP contribution >= 0.6 is 0 Å². The number of aryl methyl sites for hydroxylation is 1. The van der Waals surface area contributed by atoms with Crippen LogP contribution in [0, 0.1) is 6.92 Å². The third-order valence-corrected chi connectivity index (χ3v) is 6.03. The fraction of sp³-hybridized carbons (Fsp3) is 0.520. The van der Waals surface area contributed by atoms with Gasteiger partial charge in [-0.05, 0) is 48.8 Å². The highest BCUT2D eigenvalue weighted by molar-refractivity contribution is 6.03. The molecule has 2 aromatic rings. The van der Waals surface area contributed by atoms with Crippen LogP contribution < -0.4 is 0 Å². The predicted molar refractivity (Wildman–Crippen MR) is 116 cm³/mol.